The van der Waals surface area contributed by atoms with Gasteiger partial charge in [0.25, 0.3) is 5.91 Å². The summed E-state index contributed by atoms with van der Waals surface area (Å²) in [6, 6.07) is 1.65. The molecule has 1 aromatic heterocycles. The van der Waals surface area contributed by atoms with Gasteiger partial charge in [-0.05, 0) is 32.3 Å². The van der Waals surface area contributed by atoms with Gasteiger partial charge in [0.05, 0.1) is 6.10 Å². The fraction of sp³-hybridized carbons (Fsp3) is 0.615. The second-order valence-corrected chi connectivity index (χ2v) is 4.94. The Morgan fingerprint density at radius 2 is 2.33 bits per heavy atom. The van der Waals surface area contributed by atoms with E-state index in [1.807, 2.05) is 0 Å². The molecule has 1 unspecified atom stereocenters. The fourth-order valence-corrected chi connectivity index (χ4v) is 1.71. The Morgan fingerprint density at radius 3 is 2.94 bits per heavy atom. The average Bonchev–Trinajstić information content (AvgIpc) is 3.19. The maximum Gasteiger partial charge on any atom is 0.272 e. The standard InChI is InChI=1S/C13H19N3O2/c1-9(17)6-8-16(2)13(18)11-5-7-14-12(15-11)10-3-4-10/h5,7,9-10,17H,3-4,6,8H2,1-2H3. The van der Waals surface area contributed by atoms with Crippen molar-refractivity contribution in [3.63, 3.8) is 0 Å². The molecular weight excluding hydrogens is 230 g/mol. The Balaban J connectivity index is 2.01. The number of hydrogen-bond acceptors (Lipinski definition) is 4. The summed E-state index contributed by atoms with van der Waals surface area (Å²) >= 11 is 0. The molecule has 0 saturated heterocycles. The lowest BCUT2D eigenvalue weighted by Gasteiger charge is -2.17. The van der Waals surface area contributed by atoms with Crippen LogP contribution >= 0.6 is 0 Å². The third kappa shape index (κ3) is 3.26. The van der Waals surface area contributed by atoms with Crippen molar-refractivity contribution >= 4 is 5.91 Å². The first-order valence-electron chi connectivity index (χ1n) is 6.34. The number of nitrogens with zero attached hydrogens (tertiary/aromatic N) is 3. The molecule has 1 fully saturated rings. The SMILES string of the molecule is CC(O)CCN(C)C(=O)c1ccnc(C2CC2)n1. The van der Waals surface area contributed by atoms with Crippen LogP contribution in [0.15, 0.2) is 12.3 Å². The highest BCUT2D eigenvalue weighted by molar-refractivity contribution is 5.92. The predicted molar refractivity (Wildman–Crippen MR) is 67.3 cm³/mol. The number of hydrogen-bond donors (Lipinski definition) is 1. The molecule has 1 aliphatic rings. The van der Waals surface area contributed by atoms with Gasteiger partial charge in [0.15, 0.2) is 0 Å². The summed E-state index contributed by atoms with van der Waals surface area (Å²) in [6.45, 7) is 2.24. The zero-order valence-corrected chi connectivity index (χ0v) is 10.8. The van der Waals surface area contributed by atoms with Crippen molar-refractivity contribution < 1.29 is 9.90 Å². The molecule has 5 heteroatoms. The molecule has 1 saturated carbocycles. The molecule has 1 aromatic rings. The molecule has 0 spiro atoms. The van der Waals surface area contributed by atoms with Gasteiger partial charge in [-0.25, -0.2) is 9.97 Å². The fourth-order valence-electron chi connectivity index (χ4n) is 1.71. The highest BCUT2D eigenvalue weighted by atomic mass is 16.3. The molecule has 2 rings (SSSR count). The molecule has 0 radical (unpaired) electrons. The lowest BCUT2D eigenvalue weighted by molar-refractivity contribution is 0.0762. The van der Waals surface area contributed by atoms with Crippen molar-refractivity contribution in [3.8, 4) is 0 Å². The summed E-state index contributed by atoms with van der Waals surface area (Å²) in [4.78, 5) is 22.2. The van der Waals surface area contributed by atoms with Crippen LogP contribution in [0.5, 0.6) is 0 Å². The maximum atomic E-state index is 12.1. The normalized spacial score (nSPS) is 16.4. The van der Waals surface area contributed by atoms with Crippen LogP contribution in [0.25, 0.3) is 0 Å². The number of carbonyl (C=O) groups excluding carboxylic acids is 1. The molecule has 1 heterocycles. The molecule has 1 atom stereocenters. The number of amides is 1. The molecule has 1 amide bonds. The molecule has 18 heavy (non-hydrogen) atoms. The summed E-state index contributed by atoms with van der Waals surface area (Å²) in [6.07, 6.45) is 4.07. The third-order valence-electron chi connectivity index (χ3n) is 3.06. The highest BCUT2D eigenvalue weighted by Crippen LogP contribution is 2.37. The van der Waals surface area contributed by atoms with Crippen molar-refractivity contribution in [1.29, 1.82) is 0 Å². The van der Waals surface area contributed by atoms with Gasteiger partial charge in [-0.1, -0.05) is 0 Å². The van der Waals surface area contributed by atoms with E-state index in [1.54, 1.807) is 31.1 Å². The zero-order chi connectivity index (χ0) is 13.1. The van der Waals surface area contributed by atoms with Crippen LogP contribution < -0.4 is 0 Å². The Labute approximate surface area is 107 Å². The molecule has 0 bridgehead atoms. The maximum absolute atomic E-state index is 12.1. The molecule has 1 aliphatic carbocycles. The number of aliphatic hydroxyl groups is 1. The van der Waals surface area contributed by atoms with Gasteiger partial charge >= 0.3 is 0 Å². The summed E-state index contributed by atoms with van der Waals surface area (Å²) < 4.78 is 0. The first-order valence-corrected chi connectivity index (χ1v) is 6.34. The Bertz CT molecular complexity index is 430. The number of carbonyl (C=O) groups is 1. The second-order valence-electron chi connectivity index (χ2n) is 4.94. The quantitative estimate of drug-likeness (QED) is 0.851. The molecule has 1 N–H and O–H groups in total. The number of aromatic nitrogens is 2. The zero-order valence-electron chi connectivity index (χ0n) is 10.8. The lowest BCUT2D eigenvalue weighted by Crippen LogP contribution is -2.30. The number of rotatable bonds is 5. The van der Waals surface area contributed by atoms with Crippen molar-refractivity contribution in [2.45, 2.75) is 38.2 Å². The van der Waals surface area contributed by atoms with Crippen molar-refractivity contribution in [1.82, 2.24) is 14.9 Å². The van der Waals surface area contributed by atoms with Crippen LogP contribution in [0.2, 0.25) is 0 Å². The van der Waals surface area contributed by atoms with Crippen molar-refractivity contribution in [3.05, 3.63) is 23.8 Å². The van der Waals surface area contributed by atoms with E-state index in [0.29, 0.717) is 24.6 Å². The van der Waals surface area contributed by atoms with Crippen LogP contribution in [0.3, 0.4) is 0 Å². The Kier molecular flexibility index (Phi) is 3.91. The first-order chi connectivity index (χ1) is 8.58. The van der Waals surface area contributed by atoms with Crippen molar-refractivity contribution in [2.24, 2.45) is 0 Å². The van der Waals surface area contributed by atoms with Gasteiger partial charge in [-0.3, -0.25) is 4.79 Å². The predicted octanol–water partition coefficient (Wildman–Crippen LogP) is 1.20. The second kappa shape index (κ2) is 5.44. The lowest BCUT2D eigenvalue weighted by atomic mass is 10.2. The van der Waals surface area contributed by atoms with E-state index in [-0.39, 0.29) is 5.91 Å². The van der Waals surface area contributed by atoms with Gasteiger partial charge in [0, 0.05) is 25.7 Å². The summed E-state index contributed by atoms with van der Waals surface area (Å²) in [5.41, 5.74) is 0.444. The van der Waals surface area contributed by atoms with E-state index in [4.69, 9.17) is 0 Å². The minimum absolute atomic E-state index is 0.111. The topological polar surface area (TPSA) is 66.3 Å². The van der Waals surface area contributed by atoms with Crippen molar-refractivity contribution in [2.75, 3.05) is 13.6 Å². The van der Waals surface area contributed by atoms with Gasteiger partial charge in [-0.2, -0.15) is 0 Å². The highest BCUT2D eigenvalue weighted by Gasteiger charge is 2.27. The van der Waals surface area contributed by atoms with Crippen LogP contribution in [0.1, 0.15) is 48.4 Å². The van der Waals surface area contributed by atoms with E-state index in [1.165, 1.54) is 0 Å². The summed E-state index contributed by atoms with van der Waals surface area (Å²) in [5, 5.41) is 9.22. The molecular formula is C13H19N3O2. The van der Waals surface area contributed by atoms with Crippen LogP contribution in [0, 0.1) is 0 Å². The smallest absolute Gasteiger partial charge is 0.272 e. The monoisotopic (exact) mass is 249 g/mol. The van der Waals surface area contributed by atoms with Gasteiger partial charge in [0.2, 0.25) is 0 Å². The van der Waals surface area contributed by atoms with Crippen LogP contribution in [-0.4, -0.2) is 45.6 Å². The number of aliphatic hydroxyl groups excluding tert-OH is 1. The Hall–Kier alpha value is -1.49. The molecule has 0 aromatic carbocycles. The minimum atomic E-state index is -0.396. The van der Waals surface area contributed by atoms with E-state index in [9.17, 15) is 9.90 Å². The third-order valence-corrected chi connectivity index (χ3v) is 3.06. The van der Waals surface area contributed by atoms with E-state index >= 15 is 0 Å². The summed E-state index contributed by atoms with van der Waals surface area (Å²) in [5.74, 6) is 1.12. The molecule has 0 aliphatic heterocycles. The Morgan fingerprint density at radius 1 is 1.61 bits per heavy atom. The van der Waals surface area contributed by atoms with Crippen LogP contribution in [-0.2, 0) is 0 Å². The first kappa shape index (κ1) is 13.0. The van der Waals surface area contributed by atoms with Gasteiger partial charge < -0.3 is 10.0 Å². The van der Waals surface area contributed by atoms with E-state index in [2.05, 4.69) is 9.97 Å². The van der Waals surface area contributed by atoms with Crippen LogP contribution in [0.4, 0.5) is 0 Å². The van der Waals surface area contributed by atoms with Gasteiger partial charge in [-0.15, -0.1) is 0 Å². The largest absolute Gasteiger partial charge is 0.393 e. The van der Waals surface area contributed by atoms with E-state index < -0.39 is 6.10 Å². The average molecular weight is 249 g/mol. The molecule has 5 nitrogen and oxygen atoms in total. The summed E-state index contributed by atoms with van der Waals surface area (Å²) in [7, 11) is 1.73. The van der Waals surface area contributed by atoms with Gasteiger partial charge in [0.1, 0.15) is 11.5 Å². The van der Waals surface area contributed by atoms with E-state index in [0.717, 1.165) is 18.7 Å². The molecule has 98 valence electrons. The minimum Gasteiger partial charge on any atom is -0.393 e.